The summed E-state index contributed by atoms with van der Waals surface area (Å²) in [5, 5.41) is 6.22. The molecule has 1 unspecified atom stereocenters. The van der Waals surface area contributed by atoms with Crippen LogP contribution in [0.2, 0.25) is 0 Å². The first-order chi connectivity index (χ1) is 8.84. The summed E-state index contributed by atoms with van der Waals surface area (Å²) in [7, 11) is 0. The molecule has 1 atom stereocenters. The number of hydrogen-bond acceptors (Lipinski definition) is 4. The van der Waals surface area contributed by atoms with Crippen LogP contribution >= 0.6 is 11.3 Å². The van der Waals surface area contributed by atoms with Crippen LogP contribution in [0.3, 0.4) is 0 Å². The van der Waals surface area contributed by atoms with Crippen molar-refractivity contribution in [1.82, 2.24) is 10.3 Å². The van der Waals surface area contributed by atoms with Gasteiger partial charge in [-0.2, -0.15) is 0 Å². The molecule has 1 saturated heterocycles. The topological polar surface area (TPSA) is 45.2 Å². The fraction of sp³-hybridized carbons (Fsp3) is 0.692. The van der Waals surface area contributed by atoms with Gasteiger partial charge in [-0.25, -0.2) is 4.98 Å². The average Bonchev–Trinajstić information content (AvgIpc) is 2.94. The lowest BCUT2D eigenvalue weighted by molar-refractivity contribution is -0.127. The fourth-order valence-corrected chi connectivity index (χ4v) is 3.43. The lowest BCUT2D eigenvalue weighted by atomic mass is 9.85. The molecule has 4 nitrogen and oxygen atoms in total. The zero-order chi connectivity index (χ0) is 12.4. The van der Waals surface area contributed by atoms with Crippen molar-refractivity contribution in [2.75, 3.05) is 18.0 Å². The van der Waals surface area contributed by atoms with Crippen molar-refractivity contribution in [2.24, 2.45) is 5.92 Å². The van der Waals surface area contributed by atoms with E-state index in [2.05, 4.69) is 15.2 Å². The average molecular weight is 265 g/mol. The highest BCUT2D eigenvalue weighted by molar-refractivity contribution is 7.13. The first kappa shape index (κ1) is 12.0. The Balaban J connectivity index is 1.53. The number of amides is 1. The molecule has 0 spiro atoms. The molecule has 18 heavy (non-hydrogen) atoms. The zero-order valence-corrected chi connectivity index (χ0v) is 11.3. The van der Waals surface area contributed by atoms with Crippen LogP contribution in [0.25, 0.3) is 0 Å². The summed E-state index contributed by atoms with van der Waals surface area (Å²) in [5.41, 5.74) is 0. The van der Waals surface area contributed by atoms with Crippen molar-refractivity contribution in [3.63, 3.8) is 0 Å². The van der Waals surface area contributed by atoms with Crippen molar-refractivity contribution < 1.29 is 4.79 Å². The summed E-state index contributed by atoms with van der Waals surface area (Å²) in [6.45, 7) is 1.84. The van der Waals surface area contributed by atoms with Gasteiger partial charge in [-0.3, -0.25) is 4.79 Å². The molecule has 5 heteroatoms. The molecule has 1 aromatic rings. The summed E-state index contributed by atoms with van der Waals surface area (Å²) in [6, 6.07) is 0.431. The van der Waals surface area contributed by atoms with E-state index in [-0.39, 0.29) is 5.91 Å². The van der Waals surface area contributed by atoms with E-state index in [0.717, 1.165) is 37.5 Å². The van der Waals surface area contributed by atoms with Gasteiger partial charge < -0.3 is 10.2 Å². The van der Waals surface area contributed by atoms with Gasteiger partial charge in [0.25, 0.3) is 0 Å². The number of rotatable bonds is 4. The molecule has 1 N–H and O–H groups in total. The van der Waals surface area contributed by atoms with Gasteiger partial charge in [-0.1, -0.05) is 6.42 Å². The van der Waals surface area contributed by atoms with Crippen LogP contribution in [-0.2, 0) is 4.79 Å². The summed E-state index contributed by atoms with van der Waals surface area (Å²) in [4.78, 5) is 18.5. The Morgan fingerprint density at radius 1 is 1.44 bits per heavy atom. The third kappa shape index (κ3) is 2.36. The van der Waals surface area contributed by atoms with Crippen LogP contribution in [0, 0.1) is 5.92 Å². The maximum atomic E-state index is 11.8. The third-order valence-corrected chi connectivity index (χ3v) is 4.84. The van der Waals surface area contributed by atoms with E-state index in [0.29, 0.717) is 12.0 Å². The molecular weight excluding hydrogens is 246 g/mol. The molecule has 2 aliphatic rings. The minimum Gasteiger partial charge on any atom is -0.354 e. The molecule has 1 aliphatic carbocycles. The van der Waals surface area contributed by atoms with E-state index in [1.165, 1.54) is 12.8 Å². The second kappa shape index (κ2) is 5.26. The molecule has 98 valence electrons. The first-order valence-corrected chi connectivity index (χ1v) is 7.66. The van der Waals surface area contributed by atoms with Crippen LogP contribution in [0.4, 0.5) is 5.13 Å². The summed E-state index contributed by atoms with van der Waals surface area (Å²) >= 11 is 1.68. The lowest BCUT2D eigenvalue weighted by Gasteiger charge is -2.27. The van der Waals surface area contributed by atoms with E-state index in [1.807, 2.05) is 11.6 Å². The maximum absolute atomic E-state index is 11.8. The zero-order valence-electron chi connectivity index (χ0n) is 10.5. The van der Waals surface area contributed by atoms with Crippen molar-refractivity contribution in [3.8, 4) is 0 Å². The molecule has 2 heterocycles. The Kier molecular flexibility index (Phi) is 3.50. The smallest absolute Gasteiger partial charge is 0.223 e. The van der Waals surface area contributed by atoms with Crippen molar-refractivity contribution in [2.45, 2.75) is 38.1 Å². The van der Waals surface area contributed by atoms with Gasteiger partial charge in [0, 0.05) is 36.6 Å². The first-order valence-electron chi connectivity index (χ1n) is 6.78. The lowest BCUT2D eigenvalue weighted by Crippen LogP contribution is -2.43. The van der Waals surface area contributed by atoms with Crippen molar-refractivity contribution in [3.05, 3.63) is 11.6 Å². The molecule has 0 bridgehead atoms. The molecule has 3 rings (SSSR count). The van der Waals surface area contributed by atoms with E-state index in [9.17, 15) is 4.79 Å². The van der Waals surface area contributed by atoms with Gasteiger partial charge in [-0.05, 0) is 25.7 Å². The quantitative estimate of drug-likeness (QED) is 0.906. The van der Waals surface area contributed by atoms with Crippen LogP contribution in [-0.4, -0.2) is 30.0 Å². The Morgan fingerprint density at radius 3 is 3.00 bits per heavy atom. The Morgan fingerprint density at radius 2 is 2.33 bits per heavy atom. The van der Waals surface area contributed by atoms with E-state index in [4.69, 9.17) is 0 Å². The summed E-state index contributed by atoms with van der Waals surface area (Å²) in [5.74, 6) is 0.548. The predicted molar refractivity (Wildman–Crippen MR) is 72.8 cm³/mol. The molecule has 0 radical (unpaired) electrons. The van der Waals surface area contributed by atoms with Crippen LogP contribution in [0.5, 0.6) is 0 Å². The summed E-state index contributed by atoms with van der Waals surface area (Å²) in [6.07, 6.45) is 7.57. The Hall–Kier alpha value is -1.10. The van der Waals surface area contributed by atoms with Crippen molar-refractivity contribution in [1.29, 1.82) is 0 Å². The molecule has 1 aromatic heterocycles. The molecule has 0 aromatic carbocycles. The third-order valence-electron chi connectivity index (χ3n) is 4.03. The Labute approximate surface area is 111 Å². The van der Waals surface area contributed by atoms with Gasteiger partial charge in [-0.15, -0.1) is 11.3 Å². The van der Waals surface area contributed by atoms with Gasteiger partial charge in [0.05, 0.1) is 0 Å². The van der Waals surface area contributed by atoms with Crippen molar-refractivity contribution >= 4 is 22.4 Å². The summed E-state index contributed by atoms with van der Waals surface area (Å²) < 4.78 is 0. The number of nitrogens with zero attached hydrogens (tertiary/aromatic N) is 2. The minimum atomic E-state index is 0.257. The van der Waals surface area contributed by atoms with E-state index < -0.39 is 0 Å². The van der Waals surface area contributed by atoms with Gasteiger partial charge in [0.2, 0.25) is 5.91 Å². The molecular formula is C13H19N3OS. The van der Waals surface area contributed by atoms with Crippen LogP contribution < -0.4 is 10.2 Å². The molecule has 1 saturated carbocycles. The monoisotopic (exact) mass is 265 g/mol. The number of anilines is 1. The highest BCUT2D eigenvalue weighted by atomic mass is 32.1. The fourth-order valence-electron chi connectivity index (χ4n) is 2.69. The number of hydrogen-bond donors (Lipinski definition) is 1. The van der Waals surface area contributed by atoms with Gasteiger partial charge >= 0.3 is 0 Å². The second-order valence-corrected chi connectivity index (χ2v) is 6.05. The van der Waals surface area contributed by atoms with E-state index >= 15 is 0 Å². The number of carbonyl (C=O) groups excluding carboxylic acids is 1. The largest absolute Gasteiger partial charge is 0.354 e. The number of nitrogens with one attached hydrogen (secondary N) is 1. The maximum Gasteiger partial charge on any atom is 0.223 e. The van der Waals surface area contributed by atoms with Crippen LogP contribution in [0.15, 0.2) is 11.6 Å². The Bertz CT molecular complexity index is 402. The number of aromatic nitrogens is 1. The van der Waals surface area contributed by atoms with Gasteiger partial charge in [0.1, 0.15) is 0 Å². The van der Waals surface area contributed by atoms with Gasteiger partial charge in [0.15, 0.2) is 5.13 Å². The normalized spacial score (nSPS) is 24.0. The highest BCUT2D eigenvalue weighted by Crippen LogP contribution is 2.28. The SMILES string of the molecule is O=C(NCC1CCCN1c1nccs1)C1CCC1. The second-order valence-electron chi connectivity index (χ2n) is 5.18. The number of thiazole rings is 1. The molecule has 1 aliphatic heterocycles. The van der Waals surface area contributed by atoms with E-state index in [1.54, 1.807) is 11.3 Å². The minimum absolute atomic E-state index is 0.257. The molecule has 2 fully saturated rings. The number of carbonyl (C=O) groups is 1. The van der Waals surface area contributed by atoms with Crippen LogP contribution in [0.1, 0.15) is 32.1 Å². The predicted octanol–water partition coefficient (Wildman–Crippen LogP) is 2.03. The molecule has 1 amide bonds. The highest BCUT2D eigenvalue weighted by Gasteiger charge is 2.29. The standard InChI is InChI=1S/C13H19N3OS/c17-12(10-3-1-4-10)15-9-11-5-2-7-16(11)13-14-6-8-18-13/h6,8,10-11H,1-5,7,9H2,(H,15,17).